The van der Waals surface area contributed by atoms with Crippen LogP contribution in [0.1, 0.15) is 10.4 Å². The summed E-state index contributed by atoms with van der Waals surface area (Å²) < 4.78 is 7.17. The molecule has 30 heavy (non-hydrogen) atoms. The highest BCUT2D eigenvalue weighted by atomic mass is 79.9. The van der Waals surface area contributed by atoms with E-state index in [1.54, 1.807) is 29.5 Å². The Morgan fingerprint density at radius 1 is 1.10 bits per heavy atom. The highest BCUT2D eigenvalue weighted by Crippen LogP contribution is 2.31. The van der Waals surface area contributed by atoms with Crippen molar-refractivity contribution in [1.82, 2.24) is 10.3 Å². The Kier molecular flexibility index (Phi) is 6.08. The summed E-state index contributed by atoms with van der Waals surface area (Å²) in [6, 6.07) is 21.0. The molecule has 0 radical (unpaired) electrons. The second-order valence-corrected chi connectivity index (χ2v) is 8.67. The number of hydrogen-bond acceptors (Lipinski definition) is 5. The highest BCUT2D eigenvalue weighted by molar-refractivity contribution is 9.10. The molecule has 3 aromatic carbocycles. The lowest BCUT2D eigenvalue weighted by molar-refractivity contribution is 0.0974. The maximum absolute atomic E-state index is 12.6. The number of benzene rings is 3. The van der Waals surface area contributed by atoms with E-state index in [1.165, 1.54) is 7.11 Å². The summed E-state index contributed by atoms with van der Waals surface area (Å²) in [5.41, 5.74) is 3.10. The van der Waals surface area contributed by atoms with E-state index in [1.807, 2.05) is 42.5 Å². The fraction of sp³-hybridized carbons (Fsp3) is 0.0455. The number of nitrogens with zero attached hydrogens (tertiary/aromatic N) is 1. The number of hydrogen-bond donors (Lipinski definition) is 2. The quantitative estimate of drug-likeness (QED) is 0.345. The molecule has 0 atom stereocenters. The molecule has 8 heteroatoms. The van der Waals surface area contributed by atoms with Crippen molar-refractivity contribution in [2.24, 2.45) is 0 Å². The van der Waals surface area contributed by atoms with E-state index in [0.29, 0.717) is 11.3 Å². The lowest BCUT2D eigenvalue weighted by Gasteiger charge is -2.12. The van der Waals surface area contributed by atoms with Crippen molar-refractivity contribution in [3.05, 3.63) is 76.8 Å². The molecular formula is C22H16BrN3O2S2. The van der Waals surface area contributed by atoms with Gasteiger partial charge in [-0.15, -0.1) is 11.3 Å². The smallest absolute Gasteiger partial charge is 0.261 e. The molecule has 1 aromatic heterocycles. The van der Waals surface area contributed by atoms with Crippen LogP contribution in [0.25, 0.3) is 20.8 Å². The predicted molar refractivity (Wildman–Crippen MR) is 129 cm³/mol. The van der Waals surface area contributed by atoms with E-state index in [-0.39, 0.29) is 11.0 Å². The number of methoxy groups -OCH3 is 1. The number of halogens is 1. The minimum absolute atomic E-state index is 0.198. The van der Waals surface area contributed by atoms with Crippen molar-refractivity contribution in [3.8, 4) is 16.3 Å². The molecule has 0 spiro atoms. The Hall–Kier alpha value is -2.81. The number of carbonyl (C=O) groups excluding carboxylic acids is 1. The predicted octanol–water partition coefficient (Wildman–Crippen LogP) is 5.86. The molecule has 5 nitrogen and oxygen atoms in total. The van der Waals surface area contributed by atoms with Crippen LogP contribution < -0.4 is 15.4 Å². The van der Waals surface area contributed by atoms with Crippen LogP contribution in [-0.4, -0.2) is 23.1 Å². The number of para-hydroxylation sites is 1. The summed E-state index contributed by atoms with van der Waals surface area (Å²) >= 11 is 10.3. The second-order valence-electron chi connectivity index (χ2n) is 6.32. The van der Waals surface area contributed by atoms with Crippen LogP contribution in [0, 0.1) is 0 Å². The van der Waals surface area contributed by atoms with Gasteiger partial charge in [0.05, 0.1) is 22.9 Å². The number of thiocarbonyl (C=S) groups is 1. The van der Waals surface area contributed by atoms with Gasteiger partial charge >= 0.3 is 0 Å². The van der Waals surface area contributed by atoms with Gasteiger partial charge in [-0.25, -0.2) is 4.98 Å². The van der Waals surface area contributed by atoms with E-state index in [4.69, 9.17) is 17.0 Å². The van der Waals surface area contributed by atoms with Gasteiger partial charge < -0.3 is 10.1 Å². The molecule has 1 amide bonds. The monoisotopic (exact) mass is 497 g/mol. The minimum Gasteiger partial charge on any atom is -0.496 e. The van der Waals surface area contributed by atoms with E-state index >= 15 is 0 Å². The zero-order valence-corrected chi connectivity index (χ0v) is 19.0. The van der Waals surface area contributed by atoms with Gasteiger partial charge in [0.1, 0.15) is 10.8 Å². The largest absolute Gasteiger partial charge is 0.496 e. The first-order chi connectivity index (χ1) is 14.5. The summed E-state index contributed by atoms with van der Waals surface area (Å²) in [5, 5.41) is 6.88. The average molecular weight is 498 g/mol. The topological polar surface area (TPSA) is 63.2 Å². The van der Waals surface area contributed by atoms with Gasteiger partial charge in [0.25, 0.3) is 5.91 Å². The molecule has 150 valence electrons. The third-order valence-corrected chi connectivity index (χ3v) is 6.08. The van der Waals surface area contributed by atoms with Crippen molar-refractivity contribution in [2.45, 2.75) is 0 Å². The van der Waals surface area contributed by atoms with Crippen LogP contribution >= 0.6 is 39.5 Å². The molecule has 0 bridgehead atoms. The lowest BCUT2D eigenvalue weighted by atomic mass is 10.2. The Morgan fingerprint density at radius 3 is 2.73 bits per heavy atom. The minimum atomic E-state index is -0.354. The number of anilines is 1. The Morgan fingerprint density at radius 2 is 1.93 bits per heavy atom. The molecule has 2 N–H and O–H groups in total. The molecule has 0 saturated heterocycles. The molecule has 0 saturated carbocycles. The van der Waals surface area contributed by atoms with Gasteiger partial charge in [-0.2, -0.15) is 0 Å². The summed E-state index contributed by atoms with van der Waals surface area (Å²) in [6.07, 6.45) is 0. The number of nitrogens with one attached hydrogen (secondary N) is 2. The van der Waals surface area contributed by atoms with Crippen molar-refractivity contribution < 1.29 is 9.53 Å². The number of amides is 1. The summed E-state index contributed by atoms with van der Waals surface area (Å²) in [7, 11) is 1.52. The molecular weight excluding hydrogens is 482 g/mol. The summed E-state index contributed by atoms with van der Waals surface area (Å²) in [4.78, 5) is 17.3. The Balaban J connectivity index is 1.49. The molecule has 4 rings (SSSR count). The average Bonchev–Trinajstić information content (AvgIpc) is 3.18. The van der Waals surface area contributed by atoms with E-state index < -0.39 is 0 Å². The van der Waals surface area contributed by atoms with Crippen molar-refractivity contribution in [1.29, 1.82) is 0 Å². The van der Waals surface area contributed by atoms with Crippen LogP contribution in [0.3, 0.4) is 0 Å². The number of rotatable bonds is 4. The fourth-order valence-corrected chi connectivity index (χ4v) is 4.45. The van der Waals surface area contributed by atoms with Crippen LogP contribution in [0.5, 0.6) is 5.75 Å². The van der Waals surface area contributed by atoms with Crippen molar-refractivity contribution >= 4 is 66.4 Å². The van der Waals surface area contributed by atoms with E-state index in [2.05, 4.69) is 37.6 Å². The first kappa shape index (κ1) is 20.5. The molecule has 0 aliphatic rings. The second kappa shape index (κ2) is 8.91. The maximum atomic E-state index is 12.6. The van der Waals surface area contributed by atoms with Gasteiger partial charge in [0.2, 0.25) is 0 Å². The van der Waals surface area contributed by atoms with Gasteiger partial charge in [-0.3, -0.25) is 10.1 Å². The van der Waals surface area contributed by atoms with Gasteiger partial charge in [0.15, 0.2) is 5.11 Å². The number of fused-ring (bicyclic) bond motifs is 1. The fourth-order valence-electron chi connectivity index (χ4n) is 2.92. The first-order valence-electron chi connectivity index (χ1n) is 8.95. The molecule has 4 aromatic rings. The van der Waals surface area contributed by atoms with Gasteiger partial charge in [-0.05, 0) is 54.7 Å². The standard InChI is InChI=1S/C22H16BrN3O2S2/c1-28-18-10-9-14(23)12-16(18)20(27)26-22(29)24-15-6-4-5-13(11-15)21-25-17-7-2-3-8-19(17)30-21/h2-12H,1H3,(H2,24,26,27,29). The van der Waals surface area contributed by atoms with Gasteiger partial charge in [-0.1, -0.05) is 40.2 Å². The third kappa shape index (κ3) is 4.51. The molecule has 0 fully saturated rings. The van der Waals surface area contributed by atoms with E-state index in [0.717, 1.165) is 30.9 Å². The van der Waals surface area contributed by atoms with Crippen molar-refractivity contribution in [3.63, 3.8) is 0 Å². The lowest BCUT2D eigenvalue weighted by Crippen LogP contribution is -2.34. The van der Waals surface area contributed by atoms with Crippen LogP contribution in [0.4, 0.5) is 5.69 Å². The van der Waals surface area contributed by atoms with Gasteiger partial charge in [0, 0.05) is 15.7 Å². The molecule has 0 aliphatic heterocycles. The van der Waals surface area contributed by atoms with Crippen LogP contribution in [-0.2, 0) is 0 Å². The maximum Gasteiger partial charge on any atom is 0.261 e. The summed E-state index contributed by atoms with van der Waals surface area (Å²) in [6.45, 7) is 0. The van der Waals surface area contributed by atoms with Crippen LogP contribution in [0.2, 0.25) is 0 Å². The van der Waals surface area contributed by atoms with E-state index in [9.17, 15) is 4.79 Å². The number of ether oxygens (including phenoxy) is 1. The Labute approximate surface area is 191 Å². The molecule has 0 unspecified atom stereocenters. The van der Waals surface area contributed by atoms with Crippen molar-refractivity contribution in [2.75, 3.05) is 12.4 Å². The zero-order valence-electron chi connectivity index (χ0n) is 15.8. The van der Waals surface area contributed by atoms with Crippen LogP contribution in [0.15, 0.2) is 71.2 Å². The first-order valence-corrected chi connectivity index (χ1v) is 11.0. The SMILES string of the molecule is COc1ccc(Br)cc1C(=O)NC(=S)Nc1cccc(-c2nc3ccccc3s2)c1. The number of aromatic nitrogens is 1. The number of carbonyl (C=O) groups is 1. The zero-order chi connectivity index (χ0) is 21.1. The molecule has 1 heterocycles. The highest BCUT2D eigenvalue weighted by Gasteiger charge is 2.14. The third-order valence-electron chi connectivity index (χ3n) is 4.29. The molecule has 0 aliphatic carbocycles. The summed E-state index contributed by atoms with van der Waals surface area (Å²) in [5.74, 6) is 0.115. The number of thiazole rings is 1. The Bertz CT molecular complexity index is 1220. The normalized spacial score (nSPS) is 10.6.